The minimum Gasteiger partial charge on any atom is -0.496 e. The molecule has 1 saturated carbocycles. The standard InChI is InChI=1S/C20H25NO3/c1-14-7-6-12-20(13-14,24-3)19(22)21-17-10-11-18(23-2)16-9-5-4-8-15(16)17/h4-5,8-11,14H,6-7,12-13H2,1-3H3,(H,21,22)/t14-,20+/m1/s1. The summed E-state index contributed by atoms with van der Waals surface area (Å²) in [6.07, 6.45) is 3.72. The Morgan fingerprint density at radius 1 is 1.17 bits per heavy atom. The molecule has 0 spiro atoms. The molecule has 0 radical (unpaired) electrons. The Hall–Kier alpha value is -2.07. The zero-order valence-corrected chi connectivity index (χ0v) is 14.6. The molecule has 3 rings (SSSR count). The van der Waals surface area contributed by atoms with Crippen molar-refractivity contribution < 1.29 is 14.3 Å². The summed E-state index contributed by atoms with van der Waals surface area (Å²) in [6.45, 7) is 2.18. The molecule has 1 fully saturated rings. The highest BCUT2D eigenvalue weighted by Gasteiger charge is 2.42. The first-order valence-electron chi connectivity index (χ1n) is 8.52. The highest BCUT2D eigenvalue weighted by atomic mass is 16.5. The van der Waals surface area contributed by atoms with Crippen LogP contribution in [-0.4, -0.2) is 25.7 Å². The molecule has 1 N–H and O–H groups in total. The Morgan fingerprint density at radius 2 is 1.92 bits per heavy atom. The first-order valence-corrected chi connectivity index (χ1v) is 8.52. The van der Waals surface area contributed by atoms with Crippen LogP contribution in [0.1, 0.15) is 32.6 Å². The molecule has 0 aromatic heterocycles. The second-order valence-corrected chi connectivity index (χ2v) is 6.72. The lowest BCUT2D eigenvalue weighted by Gasteiger charge is -2.37. The number of carbonyl (C=O) groups excluding carboxylic acids is 1. The Labute approximate surface area is 143 Å². The number of methoxy groups -OCH3 is 2. The minimum atomic E-state index is -0.724. The summed E-state index contributed by atoms with van der Waals surface area (Å²) in [5.41, 5.74) is 0.0738. The topological polar surface area (TPSA) is 47.6 Å². The molecule has 0 heterocycles. The van der Waals surface area contributed by atoms with Crippen LogP contribution in [-0.2, 0) is 9.53 Å². The van der Waals surface area contributed by atoms with Crippen molar-refractivity contribution in [3.8, 4) is 5.75 Å². The summed E-state index contributed by atoms with van der Waals surface area (Å²) in [7, 11) is 3.30. The van der Waals surface area contributed by atoms with Gasteiger partial charge in [-0.2, -0.15) is 0 Å². The SMILES string of the molecule is COc1ccc(NC(=O)[C@]2(OC)CCC[C@@H](C)C2)c2ccccc12. The summed E-state index contributed by atoms with van der Waals surface area (Å²) in [5.74, 6) is 1.25. The second kappa shape index (κ2) is 6.81. The fourth-order valence-corrected chi connectivity index (χ4v) is 3.78. The molecule has 1 amide bonds. The van der Waals surface area contributed by atoms with Gasteiger partial charge in [0.2, 0.25) is 0 Å². The van der Waals surface area contributed by atoms with Crippen LogP contribution in [0.5, 0.6) is 5.75 Å². The zero-order chi connectivity index (χ0) is 17.2. The summed E-state index contributed by atoms with van der Waals surface area (Å²) >= 11 is 0. The van der Waals surface area contributed by atoms with E-state index < -0.39 is 5.60 Å². The number of amides is 1. The van der Waals surface area contributed by atoms with Gasteiger partial charge < -0.3 is 14.8 Å². The first-order chi connectivity index (χ1) is 11.6. The summed E-state index contributed by atoms with van der Waals surface area (Å²) in [6, 6.07) is 11.7. The fourth-order valence-electron chi connectivity index (χ4n) is 3.78. The Balaban J connectivity index is 1.93. The third-order valence-electron chi connectivity index (χ3n) is 5.11. The van der Waals surface area contributed by atoms with E-state index in [1.807, 2.05) is 36.4 Å². The average Bonchev–Trinajstić information content (AvgIpc) is 2.61. The van der Waals surface area contributed by atoms with Crippen LogP contribution < -0.4 is 10.1 Å². The van der Waals surface area contributed by atoms with Crippen LogP contribution in [0, 0.1) is 5.92 Å². The van der Waals surface area contributed by atoms with Gasteiger partial charge in [-0.15, -0.1) is 0 Å². The number of hydrogen-bond acceptors (Lipinski definition) is 3. The van der Waals surface area contributed by atoms with Crippen LogP contribution in [0.25, 0.3) is 10.8 Å². The Kier molecular flexibility index (Phi) is 4.76. The number of benzene rings is 2. The highest BCUT2D eigenvalue weighted by Crippen LogP contribution is 2.37. The number of carbonyl (C=O) groups is 1. The minimum absolute atomic E-state index is 0.0492. The quantitative estimate of drug-likeness (QED) is 0.906. The lowest BCUT2D eigenvalue weighted by molar-refractivity contribution is -0.143. The van der Waals surface area contributed by atoms with E-state index in [-0.39, 0.29) is 5.91 Å². The molecule has 2 aromatic rings. The third kappa shape index (κ3) is 2.98. The number of hydrogen-bond donors (Lipinski definition) is 1. The van der Waals surface area contributed by atoms with Crippen molar-refractivity contribution in [2.45, 2.75) is 38.2 Å². The third-order valence-corrected chi connectivity index (χ3v) is 5.11. The number of fused-ring (bicyclic) bond motifs is 1. The molecule has 1 aliphatic carbocycles. The van der Waals surface area contributed by atoms with Crippen LogP contribution >= 0.6 is 0 Å². The van der Waals surface area contributed by atoms with Gasteiger partial charge in [-0.3, -0.25) is 4.79 Å². The van der Waals surface area contributed by atoms with Crippen molar-refractivity contribution >= 4 is 22.4 Å². The number of anilines is 1. The van der Waals surface area contributed by atoms with E-state index >= 15 is 0 Å². The van der Waals surface area contributed by atoms with Gasteiger partial charge in [0.1, 0.15) is 11.4 Å². The van der Waals surface area contributed by atoms with Gasteiger partial charge in [0.05, 0.1) is 7.11 Å². The van der Waals surface area contributed by atoms with Crippen LogP contribution in [0.3, 0.4) is 0 Å². The predicted molar refractivity (Wildman–Crippen MR) is 96.5 cm³/mol. The second-order valence-electron chi connectivity index (χ2n) is 6.72. The fraction of sp³-hybridized carbons (Fsp3) is 0.450. The van der Waals surface area contributed by atoms with Crippen molar-refractivity contribution in [1.82, 2.24) is 0 Å². The maximum absolute atomic E-state index is 13.0. The van der Waals surface area contributed by atoms with E-state index in [9.17, 15) is 4.79 Å². The number of ether oxygens (including phenoxy) is 2. The van der Waals surface area contributed by atoms with Crippen molar-refractivity contribution in [3.05, 3.63) is 36.4 Å². The van der Waals surface area contributed by atoms with Gasteiger partial charge in [-0.25, -0.2) is 0 Å². The molecule has 4 nitrogen and oxygen atoms in total. The van der Waals surface area contributed by atoms with E-state index in [0.29, 0.717) is 5.92 Å². The molecular weight excluding hydrogens is 302 g/mol. The monoisotopic (exact) mass is 327 g/mol. The van der Waals surface area contributed by atoms with E-state index in [2.05, 4.69) is 12.2 Å². The normalized spacial score (nSPS) is 23.9. The lowest BCUT2D eigenvalue weighted by Crippen LogP contribution is -2.47. The Bertz CT molecular complexity index is 743. The molecule has 1 aliphatic rings. The number of rotatable bonds is 4. The zero-order valence-electron chi connectivity index (χ0n) is 14.6. The lowest BCUT2D eigenvalue weighted by atomic mass is 9.78. The van der Waals surface area contributed by atoms with E-state index in [1.54, 1.807) is 14.2 Å². The van der Waals surface area contributed by atoms with Crippen molar-refractivity contribution in [3.63, 3.8) is 0 Å². The van der Waals surface area contributed by atoms with Crippen LogP contribution in [0.15, 0.2) is 36.4 Å². The average molecular weight is 327 g/mol. The predicted octanol–water partition coefficient (Wildman–Crippen LogP) is 4.38. The van der Waals surface area contributed by atoms with Gasteiger partial charge in [0.15, 0.2) is 0 Å². The molecule has 2 aromatic carbocycles. The molecule has 0 saturated heterocycles. The van der Waals surface area contributed by atoms with Gasteiger partial charge in [-0.1, -0.05) is 37.6 Å². The van der Waals surface area contributed by atoms with Gasteiger partial charge in [0, 0.05) is 23.6 Å². The van der Waals surface area contributed by atoms with Gasteiger partial charge in [-0.05, 0) is 37.3 Å². The van der Waals surface area contributed by atoms with E-state index in [4.69, 9.17) is 9.47 Å². The van der Waals surface area contributed by atoms with Gasteiger partial charge >= 0.3 is 0 Å². The smallest absolute Gasteiger partial charge is 0.256 e. The summed E-state index contributed by atoms with van der Waals surface area (Å²) in [4.78, 5) is 13.0. The van der Waals surface area contributed by atoms with Crippen molar-refractivity contribution in [2.75, 3.05) is 19.5 Å². The molecule has 128 valence electrons. The molecule has 0 aliphatic heterocycles. The van der Waals surface area contributed by atoms with Crippen molar-refractivity contribution in [2.24, 2.45) is 5.92 Å². The highest BCUT2D eigenvalue weighted by molar-refractivity contribution is 6.06. The molecular formula is C20H25NO3. The maximum atomic E-state index is 13.0. The summed E-state index contributed by atoms with van der Waals surface area (Å²) in [5, 5.41) is 5.06. The molecule has 0 unspecified atom stereocenters. The van der Waals surface area contributed by atoms with Crippen LogP contribution in [0.2, 0.25) is 0 Å². The first kappa shape index (κ1) is 16.8. The van der Waals surface area contributed by atoms with E-state index in [1.165, 1.54) is 0 Å². The molecule has 24 heavy (non-hydrogen) atoms. The van der Waals surface area contributed by atoms with Gasteiger partial charge in [0.25, 0.3) is 5.91 Å². The Morgan fingerprint density at radius 3 is 2.58 bits per heavy atom. The largest absolute Gasteiger partial charge is 0.496 e. The summed E-state index contributed by atoms with van der Waals surface area (Å²) < 4.78 is 11.1. The van der Waals surface area contributed by atoms with Crippen molar-refractivity contribution in [1.29, 1.82) is 0 Å². The van der Waals surface area contributed by atoms with Crippen LogP contribution in [0.4, 0.5) is 5.69 Å². The molecule has 0 bridgehead atoms. The van der Waals surface area contributed by atoms with E-state index in [0.717, 1.165) is 47.9 Å². The number of nitrogens with one attached hydrogen (secondary N) is 1. The maximum Gasteiger partial charge on any atom is 0.256 e. The molecule has 4 heteroatoms. The molecule has 2 atom stereocenters.